The summed E-state index contributed by atoms with van der Waals surface area (Å²) in [5.41, 5.74) is -0.187. The van der Waals surface area contributed by atoms with E-state index in [1.165, 1.54) is 25.1 Å². The average molecular weight is 480 g/mol. The fourth-order valence-corrected chi connectivity index (χ4v) is 3.71. The highest BCUT2D eigenvalue weighted by atomic mass is 16.6. The molecule has 1 aliphatic heterocycles. The summed E-state index contributed by atoms with van der Waals surface area (Å²) >= 11 is 0. The number of morpholine rings is 1. The molecule has 0 aliphatic carbocycles. The summed E-state index contributed by atoms with van der Waals surface area (Å²) in [5.74, 6) is -1.19. The summed E-state index contributed by atoms with van der Waals surface area (Å²) in [6.45, 7) is 10.8. The summed E-state index contributed by atoms with van der Waals surface area (Å²) in [7, 11) is 0. The Morgan fingerprint density at radius 1 is 1.18 bits per heavy atom. The van der Waals surface area contributed by atoms with Crippen molar-refractivity contribution >= 4 is 23.4 Å². The molecule has 188 valence electrons. The zero-order chi connectivity index (χ0) is 25.5. The van der Waals surface area contributed by atoms with Gasteiger partial charge in [-0.15, -0.1) is 0 Å². The minimum Gasteiger partial charge on any atom is -0.370 e. The number of nitrogens with zero attached hydrogens (tertiary/aromatic N) is 1. The van der Waals surface area contributed by atoms with E-state index in [0.29, 0.717) is 36.8 Å². The average Bonchev–Trinajstić information content (AvgIpc) is 2.76. The van der Waals surface area contributed by atoms with E-state index in [0.717, 1.165) is 0 Å². The van der Waals surface area contributed by atoms with Crippen molar-refractivity contribution in [2.24, 2.45) is 0 Å². The van der Waals surface area contributed by atoms with Gasteiger partial charge in [0.25, 0.3) is 5.69 Å². The molecule has 0 bridgehead atoms. The highest BCUT2D eigenvalue weighted by Crippen LogP contribution is 2.14. The van der Waals surface area contributed by atoms with Crippen LogP contribution in [0.3, 0.4) is 0 Å². The van der Waals surface area contributed by atoms with Crippen LogP contribution in [0, 0.1) is 10.1 Å². The predicted octanol–water partition coefficient (Wildman–Crippen LogP) is -0.228. The van der Waals surface area contributed by atoms with E-state index >= 15 is 0 Å². The minimum atomic E-state index is -0.928. The summed E-state index contributed by atoms with van der Waals surface area (Å²) in [6, 6.07) is 3.92. The van der Waals surface area contributed by atoms with Gasteiger partial charge in [-0.05, 0) is 40.2 Å². The van der Waals surface area contributed by atoms with Gasteiger partial charge in [0, 0.05) is 12.1 Å². The largest absolute Gasteiger partial charge is 0.370 e. The van der Waals surface area contributed by atoms with Crippen LogP contribution in [-0.4, -0.2) is 72.7 Å². The summed E-state index contributed by atoms with van der Waals surface area (Å²) in [6.07, 6.45) is -0.720. The molecular formula is C23H35N4O7+. The fraction of sp³-hybridized carbons (Fsp3) is 0.609. The van der Waals surface area contributed by atoms with E-state index in [1.807, 2.05) is 20.8 Å². The van der Waals surface area contributed by atoms with Crippen LogP contribution in [0.4, 0.5) is 5.69 Å². The van der Waals surface area contributed by atoms with Crippen molar-refractivity contribution in [3.63, 3.8) is 0 Å². The second kappa shape index (κ2) is 12.0. The molecule has 1 aliphatic rings. The van der Waals surface area contributed by atoms with Crippen LogP contribution < -0.4 is 15.5 Å². The lowest BCUT2D eigenvalue weighted by atomic mass is 10.1. The molecule has 2 rings (SSSR count). The van der Waals surface area contributed by atoms with Gasteiger partial charge in [0.05, 0.1) is 36.3 Å². The van der Waals surface area contributed by atoms with Gasteiger partial charge < -0.3 is 20.1 Å². The number of carbonyl (C=O) groups is 3. The molecule has 0 spiro atoms. The van der Waals surface area contributed by atoms with E-state index in [2.05, 4.69) is 10.6 Å². The van der Waals surface area contributed by atoms with E-state index in [9.17, 15) is 24.5 Å². The molecule has 3 atom stereocenters. The predicted molar refractivity (Wildman–Crippen MR) is 123 cm³/mol. The number of benzene rings is 1. The third-order valence-electron chi connectivity index (χ3n) is 5.29. The van der Waals surface area contributed by atoms with Crippen LogP contribution in [-0.2, 0) is 30.3 Å². The van der Waals surface area contributed by atoms with Crippen LogP contribution in [0.1, 0.15) is 40.2 Å². The number of hydrogen-bond donors (Lipinski definition) is 3. The van der Waals surface area contributed by atoms with Crippen molar-refractivity contribution in [1.82, 2.24) is 10.6 Å². The molecule has 11 heteroatoms. The molecule has 3 N–H and O–H groups in total. The highest BCUT2D eigenvalue weighted by Gasteiger charge is 2.38. The van der Waals surface area contributed by atoms with Gasteiger partial charge in [0.15, 0.2) is 6.04 Å². The maximum Gasteiger partial charge on any atom is 0.337 e. The van der Waals surface area contributed by atoms with Gasteiger partial charge >= 0.3 is 5.91 Å². The first-order chi connectivity index (χ1) is 15.9. The summed E-state index contributed by atoms with van der Waals surface area (Å²) in [5, 5.41) is 16.3. The minimum absolute atomic E-state index is 0.115. The highest BCUT2D eigenvalue weighted by molar-refractivity contribution is 5.90. The van der Waals surface area contributed by atoms with Gasteiger partial charge in [-0.1, -0.05) is 12.1 Å². The standard InChI is InChI=1S/C23H34N4O7/c1-15(24-19(28)14-17-7-6-8-18(13-17)27(31)32)21(29)25-20(16(2)34-23(3,4)5)22(30)26-9-11-33-12-10-26/h6-8,13,15-16,20H,9-12,14H2,1-5H3,(H,24,28)(H,25,29)/p+1/t15-,16-,20?/m0/s1. The normalized spacial score (nSPS) is 17.3. The second-order valence-electron chi connectivity index (χ2n) is 9.39. The van der Waals surface area contributed by atoms with E-state index in [1.54, 1.807) is 13.0 Å². The monoisotopic (exact) mass is 479 g/mol. The number of rotatable bonds is 9. The van der Waals surface area contributed by atoms with Crippen LogP contribution in [0.25, 0.3) is 0 Å². The van der Waals surface area contributed by atoms with E-state index < -0.39 is 40.5 Å². The fourth-order valence-electron chi connectivity index (χ4n) is 3.71. The number of amides is 3. The molecule has 0 saturated carbocycles. The molecule has 3 amide bonds. The Morgan fingerprint density at radius 2 is 1.82 bits per heavy atom. The molecule has 0 aromatic heterocycles. The van der Waals surface area contributed by atoms with Gasteiger partial charge in [0.2, 0.25) is 11.8 Å². The van der Waals surface area contributed by atoms with Gasteiger partial charge in [-0.2, -0.15) is 0 Å². The molecule has 1 unspecified atom stereocenters. The number of nitro groups is 1. The molecule has 1 aromatic rings. The molecule has 1 fully saturated rings. The van der Waals surface area contributed by atoms with Gasteiger partial charge in [-0.25, -0.2) is 4.79 Å². The molecule has 34 heavy (non-hydrogen) atoms. The Labute approximate surface area is 199 Å². The summed E-state index contributed by atoms with van der Waals surface area (Å²) < 4.78 is 11.3. The Kier molecular flexibility index (Phi) is 9.66. The number of ether oxygens (including phenoxy) is 2. The van der Waals surface area contributed by atoms with Crippen molar-refractivity contribution in [3.05, 3.63) is 39.9 Å². The second-order valence-corrected chi connectivity index (χ2v) is 9.39. The third-order valence-corrected chi connectivity index (χ3v) is 5.29. The maximum absolute atomic E-state index is 13.2. The number of carbonyl (C=O) groups excluding carboxylic acids is 3. The van der Waals surface area contributed by atoms with Crippen molar-refractivity contribution in [2.45, 2.75) is 64.8 Å². The number of nitro benzene ring substituents is 1. The first-order valence-corrected chi connectivity index (χ1v) is 11.3. The van der Waals surface area contributed by atoms with Crippen LogP contribution in [0.5, 0.6) is 0 Å². The van der Waals surface area contributed by atoms with Crippen molar-refractivity contribution in [2.75, 3.05) is 26.3 Å². The molecule has 1 saturated heterocycles. The van der Waals surface area contributed by atoms with Gasteiger partial charge in [0.1, 0.15) is 19.1 Å². The van der Waals surface area contributed by atoms with Crippen molar-refractivity contribution in [3.8, 4) is 0 Å². The molecule has 1 aromatic carbocycles. The zero-order valence-corrected chi connectivity index (χ0v) is 20.4. The first kappa shape index (κ1) is 27.4. The maximum atomic E-state index is 13.2. The number of non-ortho nitro benzene ring substituents is 1. The molecular weight excluding hydrogens is 444 g/mol. The zero-order valence-electron chi connectivity index (χ0n) is 20.4. The quantitative estimate of drug-likeness (QED) is 0.328. The smallest absolute Gasteiger partial charge is 0.337 e. The van der Waals surface area contributed by atoms with E-state index in [4.69, 9.17) is 9.47 Å². The van der Waals surface area contributed by atoms with Crippen molar-refractivity contribution in [1.29, 1.82) is 0 Å². The number of nitrogens with one attached hydrogen (secondary N) is 3. The van der Waals surface area contributed by atoms with Crippen molar-refractivity contribution < 1.29 is 33.7 Å². The Balaban J connectivity index is 2.04. The molecule has 11 nitrogen and oxygen atoms in total. The number of hydrogen-bond acceptors (Lipinski definition) is 7. The van der Waals surface area contributed by atoms with Crippen LogP contribution in [0.15, 0.2) is 24.3 Å². The van der Waals surface area contributed by atoms with E-state index in [-0.39, 0.29) is 18.0 Å². The summed E-state index contributed by atoms with van der Waals surface area (Å²) in [4.78, 5) is 49.6. The molecule has 1 heterocycles. The van der Waals surface area contributed by atoms with Gasteiger partial charge in [-0.3, -0.25) is 24.6 Å². The molecule has 0 radical (unpaired) electrons. The Bertz CT molecular complexity index is 894. The third kappa shape index (κ3) is 8.47. The lowest BCUT2D eigenvalue weighted by Crippen LogP contribution is -3.18. The first-order valence-electron chi connectivity index (χ1n) is 11.3. The number of quaternary nitrogens is 1. The topological polar surface area (TPSA) is 141 Å². The SMILES string of the molecule is C[C@H](NC(=O)Cc1cccc([N+](=O)[O-])c1)C(=O)NC(C(=O)[NH+]1CCOCC1)[C@H](C)OC(C)(C)C. The Hall–Kier alpha value is -2.89. The lowest BCUT2D eigenvalue weighted by molar-refractivity contribution is -0.831. The Morgan fingerprint density at radius 3 is 2.41 bits per heavy atom. The lowest BCUT2D eigenvalue weighted by Gasteiger charge is -2.33. The van der Waals surface area contributed by atoms with Crippen LogP contribution >= 0.6 is 0 Å². The van der Waals surface area contributed by atoms with Crippen LogP contribution in [0.2, 0.25) is 0 Å².